The summed E-state index contributed by atoms with van der Waals surface area (Å²) in [6, 6.07) is 0. The molecule has 0 saturated carbocycles. The first-order valence-corrected chi connectivity index (χ1v) is 7.94. The molecule has 1 aromatic rings. The van der Waals surface area contributed by atoms with Crippen LogP contribution in [0.1, 0.15) is 12.6 Å². The Morgan fingerprint density at radius 2 is 2.00 bits per heavy atom. The molecule has 0 unspecified atom stereocenters. The van der Waals surface area contributed by atoms with Crippen molar-refractivity contribution in [2.24, 2.45) is 0 Å². The molecule has 0 bridgehead atoms. The Balaban J connectivity index is 3.13. The predicted octanol–water partition coefficient (Wildman–Crippen LogP) is 0.107. The van der Waals surface area contributed by atoms with Gasteiger partial charge in [-0.3, -0.25) is 0 Å². The van der Waals surface area contributed by atoms with Crippen LogP contribution in [0.4, 0.5) is 0 Å². The van der Waals surface area contributed by atoms with E-state index in [1.807, 2.05) is 6.92 Å². The number of rotatable bonds is 2. The summed E-state index contributed by atoms with van der Waals surface area (Å²) in [6.07, 6.45) is 0. The maximum atomic E-state index is 10.8. The number of carbonyl (C=O) groups is 1. The molecule has 0 spiro atoms. The summed E-state index contributed by atoms with van der Waals surface area (Å²) in [7, 11) is -1.58. The molecular weight excluding hydrogens is 198 g/mol. The van der Waals surface area contributed by atoms with Crippen molar-refractivity contribution >= 4 is 19.4 Å². The van der Waals surface area contributed by atoms with Crippen LogP contribution in [0.3, 0.4) is 0 Å². The number of hydrogen-bond acceptors (Lipinski definition) is 4. The highest BCUT2D eigenvalue weighted by Crippen LogP contribution is 2.03. The maximum absolute atomic E-state index is 10.8. The Morgan fingerprint density at radius 1 is 1.43 bits per heavy atom. The van der Waals surface area contributed by atoms with Gasteiger partial charge in [0, 0.05) is 6.92 Å². The molecule has 0 aliphatic carbocycles. The summed E-state index contributed by atoms with van der Waals surface area (Å²) in [5, 5.41) is 8.64. The summed E-state index contributed by atoms with van der Waals surface area (Å²) >= 11 is 0. The molecule has 6 heteroatoms. The largest absolute Gasteiger partial charge is 0.331 e. The van der Waals surface area contributed by atoms with Crippen LogP contribution in [0.2, 0.25) is 19.6 Å². The van der Waals surface area contributed by atoms with E-state index in [1.165, 1.54) is 11.8 Å². The second kappa shape index (κ2) is 3.53. The van der Waals surface area contributed by atoms with Gasteiger partial charge in [-0.05, 0) is 12.1 Å². The van der Waals surface area contributed by atoms with E-state index in [9.17, 15) is 4.79 Å². The van der Waals surface area contributed by atoms with Gasteiger partial charge in [0.15, 0.2) is 0 Å². The minimum absolute atomic E-state index is 0.380. The van der Waals surface area contributed by atoms with E-state index in [2.05, 4.69) is 30.0 Å². The number of hydrogen-bond donors (Lipinski definition) is 0. The molecule has 0 aliphatic rings. The number of aromatic nitrogens is 3. The Hall–Kier alpha value is -1.17. The zero-order valence-corrected chi connectivity index (χ0v) is 10.2. The molecule has 0 fully saturated rings. The van der Waals surface area contributed by atoms with Crippen LogP contribution in [-0.2, 0) is 4.79 Å². The summed E-state index contributed by atoms with van der Waals surface area (Å²) in [5.74, 6) is -0.380. The van der Waals surface area contributed by atoms with Gasteiger partial charge in [-0.15, -0.1) is 5.10 Å². The van der Waals surface area contributed by atoms with E-state index in [-0.39, 0.29) is 5.97 Å². The van der Waals surface area contributed by atoms with Gasteiger partial charge >= 0.3 is 5.97 Å². The highest BCUT2D eigenvalue weighted by atomic mass is 28.3. The smallest absolute Gasteiger partial charge is 0.318 e. The molecule has 0 saturated heterocycles. The van der Waals surface area contributed by atoms with E-state index in [0.717, 1.165) is 11.0 Å². The first-order chi connectivity index (χ1) is 6.32. The van der Waals surface area contributed by atoms with Crippen molar-refractivity contribution in [1.82, 2.24) is 15.2 Å². The van der Waals surface area contributed by atoms with Crippen LogP contribution in [0.25, 0.3) is 0 Å². The molecule has 0 amide bonds. The zero-order valence-electron chi connectivity index (χ0n) is 9.16. The van der Waals surface area contributed by atoms with E-state index in [1.54, 1.807) is 0 Å². The molecular formula is C8H15N3O2Si. The normalized spacial score (nSPS) is 11.5. The molecule has 5 nitrogen and oxygen atoms in total. The molecule has 0 aliphatic heterocycles. The molecule has 0 N–H and O–H groups in total. The Labute approximate surface area is 84.0 Å². The lowest BCUT2D eigenvalue weighted by molar-refractivity contribution is -0.142. The third-order valence-corrected chi connectivity index (χ3v) is 3.71. The van der Waals surface area contributed by atoms with Crippen LogP contribution >= 0.6 is 0 Å². The molecule has 1 aromatic heterocycles. The summed E-state index contributed by atoms with van der Waals surface area (Å²) in [4.78, 5) is 17.0. The molecule has 0 radical (unpaired) electrons. The van der Waals surface area contributed by atoms with E-state index in [4.69, 9.17) is 4.84 Å². The second-order valence-corrected chi connectivity index (χ2v) is 9.20. The first-order valence-electron chi connectivity index (χ1n) is 4.44. The Morgan fingerprint density at radius 3 is 2.43 bits per heavy atom. The van der Waals surface area contributed by atoms with Crippen molar-refractivity contribution in [3.05, 3.63) is 5.69 Å². The molecule has 1 rings (SSSR count). The minimum atomic E-state index is -1.58. The molecule has 14 heavy (non-hydrogen) atoms. The zero-order chi connectivity index (χ0) is 10.9. The fourth-order valence-corrected chi connectivity index (χ4v) is 3.15. The highest BCUT2D eigenvalue weighted by Gasteiger charge is 2.27. The number of carbonyl (C=O) groups excluding carboxylic acids is 1. The van der Waals surface area contributed by atoms with E-state index in [0.29, 0.717) is 0 Å². The van der Waals surface area contributed by atoms with E-state index >= 15 is 0 Å². The van der Waals surface area contributed by atoms with Gasteiger partial charge in [0.2, 0.25) is 0 Å². The van der Waals surface area contributed by atoms with Crippen LogP contribution in [0, 0.1) is 6.92 Å². The predicted molar refractivity (Wildman–Crippen MR) is 55.0 cm³/mol. The summed E-state index contributed by atoms with van der Waals surface area (Å²) < 4.78 is 0. The SMILES string of the molecule is CC(=O)On1nnc(C)c1[Si](C)(C)C. The summed E-state index contributed by atoms with van der Waals surface area (Å²) in [5.41, 5.74) is 0.838. The van der Waals surface area contributed by atoms with Gasteiger partial charge in [-0.2, -0.15) is 0 Å². The van der Waals surface area contributed by atoms with Gasteiger partial charge in [-0.1, -0.05) is 24.5 Å². The van der Waals surface area contributed by atoms with Crippen LogP contribution in [0.5, 0.6) is 0 Å². The minimum Gasteiger partial charge on any atom is -0.318 e. The summed E-state index contributed by atoms with van der Waals surface area (Å²) in [6.45, 7) is 9.68. The molecule has 0 aromatic carbocycles. The Bertz CT molecular complexity index is 354. The fraction of sp³-hybridized carbons (Fsp3) is 0.625. The van der Waals surface area contributed by atoms with Gasteiger partial charge in [0.25, 0.3) is 0 Å². The molecule has 1 heterocycles. The molecule has 0 atom stereocenters. The van der Waals surface area contributed by atoms with Gasteiger partial charge < -0.3 is 4.84 Å². The van der Waals surface area contributed by atoms with Crippen LogP contribution < -0.4 is 10.2 Å². The van der Waals surface area contributed by atoms with Crippen molar-refractivity contribution in [2.45, 2.75) is 33.5 Å². The first kappa shape index (κ1) is 10.9. The lowest BCUT2D eigenvalue weighted by Crippen LogP contribution is -2.47. The fourth-order valence-electron chi connectivity index (χ4n) is 1.35. The maximum Gasteiger partial charge on any atom is 0.331 e. The van der Waals surface area contributed by atoms with E-state index < -0.39 is 8.07 Å². The lowest BCUT2D eigenvalue weighted by Gasteiger charge is -2.16. The second-order valence-electron chi connectivity index (χ2n) is 4.23. The van der Waals surface area contributed by atoms with Gasteiger partial charge in [-0.25, -0.2) is 4.79 Å². The highest BCUT2D eigenvalue weighted by molar-refractivity contribution is 6.88. The van der Waals surface area contributed by atoms with Crippen molar-refractivity contribution in [3.8, 4) is 0 Å². The van der Waals surface area contributed by atoms with Crippen LogP contribution in [-0.4, -0.2) is 29.2 Å². The number of aryl methyl sites for hydroxylation is 1. The van der Waals surface area contributed by atoms with Crippen LogP contribution in [0.15, 0.2) is 0 Å². The third-order valence-electron chi connectivity index (χ3n) is 1.74. The third kappa shape index (κ3) is 2.19. The van der Waals surface area contributed by atoms with Crippen molar-refractivity contribution in [3.63, 3.8) is 0 Å². The Kier molecular flexibility index (Phi) is 2.75. The van der Waals surface area contributed by atoms with Gasteiger partial charge in [0.05, 0.1) is 11.0 Å². The van der Waals surface area contributed by atoms with Crippen molar-refractivity contribution < 1.29 is 9.63 Å². The lowest BCUT2D eigenvalue weighted by atomic mass is 10.6. The van der Waals surface area contributed by atoms with Gasteiger partial charge in [0.1, 0.15) is 8.07 Å². The number of nitrogens with zero attached hydrogens (tertiary/aromatic N) is 3. The monoisotopic (exact) mass is 213 g/mol. The van der Waals surface area contributed by atoms with Crippen molar-refractivity contribution in [1.29, 1.82) is 0 Å². The average molecular weight is 213 g/mol. The average Bonchev–Trinajstić information content (AvgIpc) is 2.28. The molecule has 78 valence electrons. The quantitative estimate of drug-likeness (QED) is 0.517. The van der Waals surface area contributed by atoms with Crippen molar-refractivity contribution in [2.75, 3.05) is 0 Å². The topological polar surface area (TPSA) is 57.0 Å². The standard InChI is InChI=1S/C8H15N3O2Si/c1-6-8(14(3,4)5)11(10-9-6)13-7(2)12/h1-5H3.